The van der Waals surface area contributed by atoms with Crippen LogP contribution in [-0.2, 0) is 4.79 Å². The van der Waals surface area contributed by atoms with Crippen molar-refractivity contribution in [1.82, 2.24) is 4.98 Å². The Morgan fingerprint density at radius 2 is 2.17 bits per heavy atom. The van der Waals surface area contributed by atoms with E-state index < -0.39 is 0 Å². The van der Waals surface area contributed by atoms with Crippen LogP contribution in [0.1, 0.15) is 24.8 Å². The van der Waals surface area contributed by atoms with Crippen LogP contribution in [0.3, 0.4) is 0 Å². The van der Waals surface area contributed by atoms with Crippen LogP contribution in [0.2, 0.25) is 0 Å². The summed E-state index contributed by atoms with van der Waals surface area (Å²) in [6.07, 6.45) is 2.45. The molecule has 18 heavy (non-hydrogen) atoms. The number of thiazole rings is 1. The summed E-state index contributed by atoms with van der Waals surface area (Å²) in [5.41, 5.74) is 1.04. The molecular weight excluding hydrogens is 312 g/mol. The molecule has 0 bridgehead atoms. The molecule has 1 amide bonds. The van der Waals surface area contributed by atoms with Crippen LogP contribution in [-0.4, -0.2) is 10.9 Å². The zero-order chi connectivity index (χ0) is 13.0. The Balaban J connectivity index is 2.11. The number of carbonyl (C=O) groups is 1. The van der Waals surface area contributed by atoms with Gasteiger partial charge in [-0.25, -0.2) is 4.98 Å². The van der Waals surface area contributed by atoms with Gasteiger partial charge in [0.1, 0.15) is 0 Å². The highest BCUT2D eigenvalue weighted by atomic mass is 79.9. The zero-order valence-electron chi connectivity index (χ0n) is 9.89. The van der Waals surface area contributed by atoms with Crippen molar-refractivity contribution in [1.29, 1.82) is 0 Å². The number of nitrogens with one attached hydrogen (secondary N) is 1. The van der Waals surface area contributed by atoms with E-state index in [0.717, 1.165) is 15.8 Å². The van der Waals surface area contributed by atoms with Crippen molar-refractivity contribution in [3.05, 3.63) is 45.9 Å². The van der Waals surface area contributed by atoms with Crippen molar-refractivity contribution >= 4 is 38.3 Å². The van der Waals surface area contributed by atoms with Gasteiger partial charge in [0.2, 0.25) is 5.91 Å². The van der Waals surface area contributed by atoms with Crippen molar-refractivity contribution < 1.29 is 4.79 Å². The number of hydrogen-bond donors (Lipinski definition) is 1. The minimum atomic E-state index is -0.131. The third-order valence-electron chi connectivity index (χ3n) is 2.63. The molecule has 0 saturated heterocycles. The van der Waals surface area contributed by atoms with E-state index in [1.807, 2.05) is 37.3 Å². The van der Waals surface area contributed by atoms with Crippen molar-refractivity contribution in [2.75, 3.05) is 5.32 Å². The van der Waals surface area contributed by atoms with Crippen LogP contribution < -0.4 is 5.32 Å². The van der Waals surface area contributed by atoms with Crippen LogP contribution in [0.4, 0.5) is 5.13 Å². The predicted molar refractivity (Wildman–Crippen MR) is 77.9 cm³/mol. The zero-order valence-corrected chi connectivity index (χ0v) is 12.3. The number of rotatable bonds is 4. The van der Waals surface area contributed by atoms with Crippen molar-refractivity contribution in [2.24, 2.45) is 0 Å². The second-order valence-electron chi connectivity index (χ2n) is 3.83. The van der Waals surface area contributed by atoms with E-state index in [4.69, 9.17) is 0 Å². The Labute approximate surface area is 118 Å². The second-order valence-corrected chi connectivity index (χ2v) is 6.24. The Kier molecular flexibility index (Phi) is 4.49. The molecule has 0 fully saturated rings. The number of nitrogens with zero attached hydrogens (tertiary/aromatic N) is 1. The molecule has 1 unspecified atom stereocenters. The molecule has 0 aliphatic carbocycles. The summed E-state index contributed by atoms with van der Waals surface area (Å²) in [5.74, 6) is -0.139. The number of hydrogen-bond acceptors (Lipinski definition) is 3. The highest BCUT2D eigenvalue weighted by Gasteiger charge is 2.19. The van der Waals surface area contributed by atoms with Gasteiger partial charge in [-0.15, -0.1) is 0 Å². The molecule has 2 rings (SSSR count). The molecule has 0 aliphatic rings. The van der Waals surface area contributed by atoms with Crippen LogP contribution in [0.5, 0.6) is 0 Å². The van der Waals surface area contributed by atoms with E-state index in [-0.39, 0.29) is 11.8 Å². The molecule has 94 valence electrons. The lowest BCUT2D eigenvalue weighted by Crippen LogP contribution is -2.20. The molecule has 0 spiro atoms. The Morgan fingerprint density at radius 3 is 2.72 bits per heavy atom. The van der Waals surface area contributed by atoms with Crippen LogP contribution in [0.15, 0.2) is 40.3 Å². The third-order valence-corrected chi connectivity index (χ3v) is 4.03. The minimum Gasteiger partial charge on any atom is -0.301 e. The van der Waals surface area contributed by atoms with E-state index in [1.54, 1.807) is 6.20 Å². The molecular formula is C13H13BrN2OS. The molecule has 1 aromatic carbocycles. The van der Waals surface area contributed by atoms with Gasteiger partial charge in [-0.2, -0.15) is 0 Å². The molecule has 0 saturated carbocycles. The summed E-state index contributed by atoms with van der Waals surface area (Å²) >= 11 is 4.74. The van der Waals surface area contributed by atoms with E-state index in [1.165, 1.54) is 11.3 Å². The summed E-state index contributed by atoms with van der Waals surface area (Å²) < 4.78 is 0.908. The van der Waals surface area contributed by atoms with Gasteiger partial charge in [0.25, 0.3) is 0 Å². The number of benzene rings is 1. The topological polar surface area (TPSA) is 42.0 Å². The minimum absolute atomic E-state index is 0.00875. The average molecular weight is 325 g/mol. The Bertz CT molecular complexity index is 527. The number of carbonyl (C=O) groups excluding carboxylic acids is 1. The number of aromatic nitrogens is 1. The van der Waals surface area contributed by atoms with Crippen molar-refractivity contribution in [3.8, 4) is 0 Å². The summed E-state index contributed by atoms with van der Waals surface area (Å²) in [4.78, 5) is 16.3. The number of amides is 1. The third kappa shape index (κ3) is 3.17. The van der Waals surface area contributed by atoms with Crippen LogP contribution in [0.25, 0.3) is 0 Å². The highest BCUT2D eigenvalue weighted by molar-refractivity contribution is 9.11. The smallest absolute Gasteiger partial charge is 0.233 e. The molecule has 0 aliphatic heterocycles. The summed E-state index contributed by atoms with van der Waals surface area (Å²) in [6.45, 7) is 2.01. The lowest BCUT2D eigenvalue weighted by atomic mass is 9.96. The highest BCUT2D eigenvalue weighted by Crippen LogP contribution is 2.26. The maximum absolute atomic E-state index is 12.2. The molecule has 0 radical (unpaired) electrons. The van der Waals surface area contributed by atoms with Crippen LogP contribution >= 0.6 is 27.3 Å². The molecule has 5 heteroatoms. The first-order valence-electron chi connectivity index (χ1n) is 5.68. The monoisotopic (exact) mass is 324 g/mol. The van der Waals surface area contributed by atoms with Gasteiger partial charge < -0.3 is 5.32 Å². The second kappa shape index (κ2) is 6.11. The normalized spacial score (nSPS) is 12.1. The van der Waals surface area contributed by atoms with E-state index in [2.05, 4.69) is 26.2 Å². The van der Waals surface area contributed by atoms with Gasteiger partial charge in [0, 0.05) is 0 Å². The first-order chi connectivity index (χ1) is 8.70. The number of anilines is 1. The SMILES string of the molecule is CCC(C(=O)Nc1ncc(Br)s1)c1ccccc1. The molecule has 1 aromatic heterocycles. The largest absolute Gasteiger partial charge is 0.301 e. The number of halogens is 1. The van der Waals surface area contributed by atoms with E-state index in [0.29, 0.717) is 5.13 Å². The lowest BCUT2D eigenvalue weighted by Gasteiger charge is -2.13. The molecule has 3 nitrogen and oxygen atoms in total. The van der Waals surface area contributed by atoms with Crippen molar-refractivity contribution in [2.45, 2.75) is 19.3 Å². The Morgan fingerprint density at radius 1 is 1.44 bits per heavy atom. The van der Waals surface area contributed by atoms with E-state index in [9.17, 15) is 4.79 Å². The van der Waals surface area contributed by atoms with Crippen molar-refractivity contribution in [3.63, 3.8) is 0 Å². The summed E-state index contributed by atoms with van der Waals surface area (Å²) in [7, 11) is 0. The van der Waals surface area contributed by atoms with Crippen LogP contribution in [0, 0.1) is 0 Å². The van der Waals surface area contributed by atoms with Gasteiger partial charge in [-0.3, -0.25) is 4.79 Å². The molecule has 1 heterocycles. The van der Waals surface area contributed by atoms with Gasteiger partial charge >= 0.3 is 0 Å². The fourth-order valence-electron chi connectivity index (χ4n) is 1.76. The molecule has 1 atom stereocenters. The fourth-order valence-corrected chi connectivity index (χ4v) is 2.87. The standard InChI is InChI=1S/C13H13BrN2OS/c1-2-10(9-6-4-3-5-7-9)12(17)16-13-15-8-11(14)18-13/h3-8,10H,2H2,1H3,(H,15,16,17). The van der Waals surface area contributed by atoms with Gasteiger partial charge in [-0.1, -0.05) is 48.6 Å². The maximum Gasteiger partial charge on any atom is 0.233 e. The Hall–Kier alpha value is -1.20. The van der Waals surface area contributed by atoms with E-state index >= 15 is 0 Å². The fraction of sp³-hybridized carbons (Fsp3) is 0.231. The molecule has 1 N–H and O–H groups in total. The summed E-state index contributed by atoms with van der Waals surface area (Å²) in [5, 5.41) is 3.48. The first-order valence-corrected chi connectivity index (χ1v) is 7.28. The quantitative estimate of drug-likeness (QED) is 0.922. The van der Waals surface area contributed by atoms with Gasteiger partial charge in [-0.05, 0) is 27.9 Å². The van der Waals surface area contributed by atoms with Gasteiger partial charge in [0.05, 0.1) is 15.9 Å². The van der Waals surface area contributed by atoms with Gasteiger partial charge in [0.15, 0.2) is 5.13 Å². The summed E-state index contributed by atoms with van der Waals surface area (Å²) in [6, 6.07) is 9.81. The first kappa shape index (κ1) is 13.2. The maximum atomic E-state index is 12.2. The molecule has 2 aromatic rings. The average Bonchev–Trinajstić information content (AvgIpc) is 2.77. The predicted octanol–water partition coefficient (Wildman–Crippen LogP) is 4.04. The lowest BCUT2D eigenvalue weighted by molar-refractivity contribution is -0.117.